The maximum Gasteiger partial charge on any atom is 0.269 e. The second-order valence-corrected chi connectivity index (χ2v) is 6.91. The minimum absolute atomic E-state index is 0.143. The lowest BCUT2D eigenvalue weighted by Gasteiger charge is -2.02. The van der Waals surface area contributed by atoms with Gasteiger partial charge in [0.2, 0.25) is 15.4 Å². The topological polar surface area (TPSA) is 143 Å². The van der Waals surface area contributed by atoms with Gasteiger partial charge in [-0.2, -0.15) is 5.10 Å². The van der Waals surface area contributed by atoms with E-state index in [0.29, 0.717) is 18.7 Å². The third-order valence-corrected chi connectivity index (χ3v) is 4.93. The molecule has 2 rings (SSSR count). The summed E-state index contributed by atoms with van der Waals surface area (Å²) in [6.07, 6.45) is 2.53. The van der Waals surface area contributed by atoms with E-state index in [9.17, 15) is 13.2 Å². The molecule has 0 aliphatic rings. The van der Waals surface area contributed by atoms with Gasteiger partial charge in [0.05, 0.1) is 0 Å². The van der Waals surface area contributed by atoms with E-state index in [2.05, 4.69) is 35.4 Å². The summed E-state index contributed by atoms with van der Waals surface area (Å²) in [7, 11) is -3.72. The number of carbonyl (C=O) groups excluding carboxylic acids is 1. The number of hydrogen-bond acceptors (Lipinski definition) is 8. The van der Waals surface area contributed by atoms with Gasteiger partial charge in [0, 0.05) is 19.9 Å². The molecule has 0 aromatic carbocycles. The van der Waals surface area contributed by atoms with Gasteiger partial charge in [-0.25, -0.2) is 18.1 Å². The molecule has 114 valence electrons. The summed E-state index contributed by atoms with van der Waals surface area (Å²) in [5, 5.41) is 16.0. The van der Waals surface area contributed by atoms with E-state index in [1.807, 2.05) is 0 Å². The lowest BCUT2D eigenvalue weighted by atomic mass is 10.3. The molecule has 0 fully saturated rings. The van der Waals surface area contributed by atoms with Crippen LogP contribution in [0.3, 0.4) is 0 Å². The molecule has 3 N–H and O–H groups in total. The highest BCUT2D eigenvalue weighted by Crippen LogP contribution is 2.19. The second kappa shape index (κ2) is 6.69. The molecular formula is C9H13N7O3S2. The average Bonchev–Trinajstić information content (AvgIpc) is 3.05. The predicted molar refractivity (Wildman–Crippen MR) is 74.1 cm³/mol. The molecule has 0 saturated heterocycles. The normalized spacial score (nSPS) is 11.5. The minimum atomic E-state index is -3.72. The number of sulfonamides is 1. The van der Waals surface area contributed by atoms with Gasteiger partial charge >= 0.3 is 0 Å². The van der Waals surface area contributed by atoms with Crippen LogP contribution in [0.5, 0.6) is 0 Å². The lowest BCUT2D eigenvalue weighted by molar-refractivity contribution is -0.114. The van der Waals surface area contributed by atoms with E-state index in [0.717, 1.165) is 11.3 Å². The first-order valence-corrected chi connectivity index (χ1v) is 8.22. The molecule has 21 heavy (non-hydrogen) atoms. The maximum absolute atomic E-state index is 11.9. The third kappa shape index (κ3) is 4.54. The number of aromatic nitrogens is 5. The SMILES string of the molecule is CC(=O)Nc1nnc(S(=O)(=O)NCCCc2ncn[nH]2)s1. The van der Waals surface area contributed by atoms with Gasteiger partial charge < -0.3 is 5.32 Å². The Labute approximate surface area is 124 Å². The number of rotatable bonds is 7. The highest BCUT2D eigenvalue weighted by Gasteiger charge is 2.19. The van der Waals surface area contributed by atoms with Crippen molar-refractivity contribution in [3.63, 3.8) is 0 Å². The van der Waals surface area contributed by atoms with Crippen molar-refractivity contribution in [1.82, 2.24) is 30.1 Å². The molecule has 10 nitrogen and oxygen atoms in total. The number of anilines is 1. The smallest absolute Gasteiger partial charge is 0.269 e. The van der Waals surface area contributed by atoms with Gasteiger partial charge in [-0.15, -0.1) is 10.2 Å². The van der Waals surface area contributed by atoms with Crippen LogP contribution in [0.4, 0.5) is 5.13 Å². The zero-order valence-corrected chi connectivity index (χ0v) is 12.7. The lowest BCUT2D eigenvalue weighted by Crippen LogP contribution is -2.25. The van der Waals surface area contributed by atoms with Crippen molar-refractivity contribution in [2.24, 2.45) is 0 Å². The molecule has 0 spiro atoms. The number of nitrogens with zero attached hydrogens (tertiary/aromatic N) is 4. The number of nitrogens with one attached hydrogen (secondary N) is 3. The van der Waals surface area contributed by atoms with E-state index >= 15 is 0 Å². The summed E-state index contributed by atoms with van der Waals surface area (Å²) < 4.78 is 26.1. The number of aromatic amines is 1. The van der Waals surface area contributed by atoms with E-state index < -0.39 is 10.0 Å². The summed E-state index contributed by atoms with van der Waals surface area (Å²) in [5.74, 6) is 0.355. The quantitative estimate of drug-likeness (QED) is 0.459. The fraction of sp³-hybridized carbons (Fsp3) is 0.444. The highest BCUT2D eigenvalue weighted by molar-refractivity contribution is 7.91. The number of H-pyrrole nitrogens is 1. The fourth-order valence-electron chi connectivity index (χ4n) is 1.39. The molecule has 12 heteroatoms. The van der Waals surface area contributed by atoms with E-state index in [4.69, 9.17) is 0 Å². The van der Waals surface area contributed by atoms with Gasteiger partial charge in [-0.05, 0) is 6.42 Å². The van der Waals surface area contributed by atoms with E-state index in [-0.39, 0.29) is 21.9 Å². The Morgan fingerprint density at radius 1 is 1.43 bits per heavy atom. The second-order valence-electron chi connectivity index (χ2n) is 3.99. The van der Waals surface area contributed by atoms with Gasteiger partial charge in [-0.1, -0.05) is 11.3 Å². The van der Waals surface area contributed by atoms with Crippen LogP contribution >= 0.6 is 11.3 Å². The van der Waals surface area contributed by atoms with E-state index in [1.54, 1.807) is 0 Å². The molecule has 0 unspecified atom stereocenters. The molecule has 2 aromatic heterocycles. The molecule has 0 atom stereocenters. The Morgan fingerprint density at radius 2 is 2.24 bits per heavy atom. The number of hydrogen-bond donors (Lipinski definition) is 3. The van der Waals surface area contributed by atoms with Crippen LogP contribution in [0.25, 0.3) is 0 Å². The monoisotopic (exact) mass is 331 g/mol. The average molecular weight is 331 g/mol. The van der Waals surface area contributed by atoms with Crippen LogP contribution in [-0.2, 0) is 21.2 Å². The Morgan fingerprint density at radius 3 is 2.90 bits per heavy atom. The number of aryl methyl sites for hydroxylation is 1. The molecular weight excluding hydrogens is 318 g/mol. The Bertz CT molecular complexity index is 695. The first kappa shape index (κ1) is 15.5. The van der Waals surface area contributed by atoms with Crippen molar-refractivity contribution in [2.75, 3.05) is 11.9 Å². The molecule has 0 aliphatic carbocycles. The van der Waals surface area contributed by atoms with Gasteiger partial charge in [0.25, 0.3) is 10.0 Å². The molecule has 0 radical (unpaired) electrons. The highest BCUT2D eigenvalue weighted by atomic mass is 32.2. The summed E-state index contributed by atoms with van der Waals surface area (Å²) in [4.78, 5) is 14.8. The summed E-state index contributed by atoms with van der Waals surface area (Å²) >= 11 is 0.791. The standard InChI is InChI=1S/C9H13N7O3S2/c1-6(17)13-8-15-16-9(20-8)21(18,19)12-4-2-3-7-10-5-11-14-7/h5,12H,2-4H2,1H3,(H,10,11,14)(H,13,15,17). The van der Waals surface area contributed by atoms with Crippen molar-refractivity contribution < 1.29 is 13.2 Å². The third-order valence-electron chi connectivity index (χ3n) is 2.27. The Balaban J connectivity index is 1.86. The summed E-state index contributed by atoms with van der Waals surface area (Å²) in [6.45, 7) is 1.54. The van der Waals surface area contributed by atoms with Crippen LogP contribution in [0.1, 0.15) is 19.2 Å². The van der Waals surface area contributed by atoms with Crippen LogP contribution in [0, 0.1) is 0 Å². The number of amides is 1. The fourth-order valence-corrected chi connectivity index (χ4v) is 3.46. The molecule has 1 amide bonds. The van der Waals surface area contributed by atoms with Crippen molar-refractivity contribution in [2.45, 2.75) is 24.1 Å². The zero-order chi connectivity index (χ0) is 15.3. The van der Waals surface area contributed by atoms with Crippen molar-refractivity contribution in [1.29, 1.82) is 0 Å². The van der Waals surface area contributed by atoms with Gasteiger partial charge in [-0.3, -0.25) is 9.89 Å². The molecule has 0 bridgehead atoms. The largest absolute Gasteiger partial charge is 0.301 e. The van der Waals surface area contributed by atoms with Crippen LogP contribution in [0.2, 0.25) is 0 Å². The first-order chi connectivity index (χ1) is 9.97. The van der Waals surface area contributed by atoms with Crippen molar-refractivity contribution >= 4 is 32.4 Å². The van der Waals surface area contributed by atoms with Crippen molar-refractivity contribution in [3.8, 4) is 0 Å². The maximum atomic E-state index is 11.9. The Hall–Kier alpha value is -1.92. The molecule has 2 aromatic rings. The van der Waals surface area contributed by atoms with Crippen LogP contribution in [0.15, 0.2) is 10.7 Å². The molecule has 0 saturated carbocycles. The van der Waals surface area contributed by atoms with Crippen molar-refractivity contribution in [3.05, 3.63) is 12.2 Å². The van der Waals surface area contributed by atoms with Gasteiger partial charge in [0.15, 0.2) is 0 Å². The van der Waals surface area contributed by atoms with Crippen LogP contribution < -0.4 is 10.0 Å². The zero-order valence-electron chi connectivity index (χ0n) is 11.0. The van der Waals surface area contributed by atoms with E-state index in [1.165, 1.54) is 13.3 Å². The molecule has 0 aliphatic heterocycles. The summed E-state index contributed by atoms with van der Waals surface area (Å²) in [6, 6.07) is 0. The van der Waals surface area contributed by atoms with Crippen LogP contribution in [-0.4, -0.2) is 46.2 Å². The summed E-state index contributed by atoms with van der Waals surface area (Å²) in [5.41, 5.74) is 0. The number of carbonyl (C=O) groups is 1. The molecule has 2 heterocycles. The first-order valence-electron chi connectivity index (χ1n) is 5.92. The minimum Gasteiger partial charge on any atom is -0.301 e. The van der Waals surface area contributed by atoms with Gasteiger partial charge in [0.1, 0.15) is 12.2 Å². The Kier molecular flexibility index (Phi) is 4.93. The predicted octanol–water partition coefficient (Wildman–Crippen LogP) is -0.474.